The molecule has 0 unspecified atom stereocenters. The van der Waals surface area contributed by atoms with Gasteiger partial charge in [-0.1, -0.05) is 19.1 Å². The van der Waals surface area contributed by atoms with E-state index < -0.39 is 0 Å². The Bertz CT molecular complexity index is 875. The van der Waals surface area contributed by atoms with E-state index in [4.69, 9.17) is 14.5 Å². The highest BCUT2D eigenvalue weighted by Crippen LogP contribution is 2.32. The zero-order valence-electron chi connectivity index (χ0n) is 17.4. The minimum atomic E-state index is 0.650. The van der Waals surface area contributed by atoms with Crippen LogP contribution in [0, 0.1) is 0 Å². The fourth-order valence-electron chi connectivity index (χ4n) is 3.96. The number of hydrogen-bond acceptors (Lipinski definition) is 6. The Balaban J connectivity index is 1.45. The average Bonchev–Trinajstić information content (AvgIpc) is 3.43. The molecule has 0 amide bonds. The summed E-state index contributed by atoms with van der Waals surface area (Å²) >= 11 is 0. The Kier molecular flexibility index (Phi) is 6.30. The predicted octanol–water partition coefficient (Wildman–Crippen LogP) is 4.23. The van der Waals surface area contributed by atoms with Crippen LogP contribution in [0.2, 0.25) is 0 Å². The number of aryl methyl sites for hydroxylation is 1. The van der Waals surface area contributed by atoms with Crippen LogP contribution in [0.15, 0.2) is 24.4 Å². The Morgan fingerprint density at radius 3 is 2.83 bits per heavy atom. The molecular formula is C23H30N4O2. The van der Waals surface area contributed by atoms with Gasteiger partial charge in [0.05, 0.1) is 19.9 Å². The van der Waals surface area contributed by atoms with E-state index in [1.54, 1.807) is 13.3 Å². The second-order valence-electron chi connectivity index (χ2n) is 7.59. The van der Waals surface area contributed by atoms with Gasteiger partial charge in [-0.15, -0.1) is 0 Å². The smallest absolute Gasteiger partial charge is 0.179 e. The first-order chi connectivity index (χ1) is 14.3. The van der Waals surface area contributed by atoms with E-state index in [-0.39, 0.29) is 0 Å². The molecule has 0 saturated carbocycles. The number of likely N-dealkylation sites (tertiary alicyclic amines) is 1. The van der Waals surface area contributed by atoms with Gasteiger partial charge in [-0.25, -0.2) is 9.97 Å². The predicted molar refractivity (Wildman–Crippen MR) is 116 cm³/mol. The molecule has 0 aromatic carbocycles. The highest BCUT2D eigenvalue weighted by atomic mass is 16.5. The average molecular weight is 395 g/mol. The molecule has 2 aliphatic rings. The van der Waals surface area contributed by atoms with E-state index >= 15 is 0 Å². The molecule has 1 aliphatic heterocycles. The molecule has 29 heavy (non-hydrogen) atoms. The van der Waals surface area contributed by atoms with Crippen molar-refractivity contribution in [3.05, 3.63) is 41.2 Å². The van der Waals surface area contributed by atoms with E-state index in [2.05, 4.69) is 40.3 Å². The number of nitrogens with zero attached hydrogens (tertiary/aromatic N) is 3. The molecule has 0 radical (unpaired) electrons. The lowest BCUT2D eigenvalue weighted by molar-refractivity contribution is 0.254. The number of rotatable bonds is 9. The number of allylic oxidation sites excluding steroid dienone is 1. The van der Waals surface area contributed by atoms with Crippen molar-refractivity contribution in [3.8, 4) is 11.5 Å². The molecule has 4 rings (SSSR count). The van der Waals surface area contributed by atoms with Gasteiger partial charge in [0.1, 0.15) is 11.6 Å². The minimum Gasteiger partial charge on any atom is -0.491 e. The SMILES string of the molecule is CCc1cc2c(c(Nc3cc(OCCCN4CCCC4)c(OC)cn3)n1)C=CC2. The van der Waals surface area contributed by atoms with Crippen LogP contribution in [0.5, 0.6) is 11.5 Å². The molecule has 1 aliphatic carbocycles. The maximum atomic E-state index is 6.04. The number of methoxy groups -OCH3 is 1. The van der Waals surface area contributed by atoms with E-state index in [1.807, 2.05) is 6.07 Å². The van der Waals surface area contributed by atoms with E-state index in [9.17, 15) is 0 Å². The molecule has 0 spiro atoms. The van der Waals surface area contributed by atoms with Crippen LogP contribution in [0.3, 0.4) is 0 Å². The van der Waals surface area contributed by atoms with Gasteiger partial charge in [0.25, 0.3) is 0 Å². The van der Waals surface area contributed by atoms with E-state index in [1.165, 1.54) is 31.5 Å². The van der Waals surface area contributed by atoms with Crippen molar-refractivity contribution in [3.63, 3.8) is 0 Å². The third kappa shape index (κ3) is 4.70. The largest absolute Gasteiger partial charge is 0.491 e. The second kappa shape index (κ2) is 9.27. The maximum absolute atomic E-state index is 6.04. The number of anilines is 2. The summed E-state index contributed by atoms with van der Waals surface area (Å²) in [5, 5.41) is 3.39. The Hall–Kier alpha value is -2.60. The van der Waals surface area contributed by atoms with Crippen molar-refractivity contribution in [2.75, 3.05) is 38.7 Å². The van der Waals surface area contributed by atoms with Crippen molar-refractivity contribution in [2.24, 2.45) is 0 Å². The van der Waals surface area contributed by atoms with Crippen LogP contribution >= 0.6 is 0 Å². The highest BCUT2D eigenvalue weighted by Gasteiger charge is 2.15. The number of pyridine rings is 2. The summed E-state index contributed by atoms with van der Waals surface area (Å²) in [6.45, 7) is 6.31. The van der Waals surface area contributed by atoms with Gasteiger partial charge in [0.15, 0.2) is 11.5 Å². The number of nitrogens with one attached hydrogen (secondary N) is 1. The van der Waals surface area contributed by atoms with Crippen molar-refractivity contribution in [1.29, 1.82) is 0 Å². The normalized spacial score (nSPS) is 15.5. The van der Waals surface area contributed by atoms with Crippen LogP contribution in [0.25, 0.3) is 6.08 Å². The molecule has 0 bridgehead atoms. The summed E-state index contributed by atoms with van der Waals surface area (Å²) < 4.78 is 11.5. The third-order valence-electron chi connectivity index (χ3n) is 5.55. The monoisotopic (exact) mass is 394 g/mol. The van der Waals surface area contributed by atoms with Gasteiger partial charge in [0.2, 0.25) is 0 Å². The molecule has 1 saturated heterocycles. The summed E-state index contributed by atoms with van der Waals surface area (Å²) in [6.07, 6.45) is 11.5. The molecule has 2 aromatic rings. The van der Waals surface area contributed by atoms with Crippen molar-refractivity contribution >= 4 is 17.7 Å². The fourth-order valence-corrected chi connectivity index (χ4v) is 3.96. The van der Waals surface area contributed by atoms with Crippen molar-refractivity contribution in [1.82, 2.24) is 14.9 Å². The molecular weight excluding hydrogens is 364 g/mol. The highest BCUT2D eigenvalue weighted by molar-refractivity contribution is 5.74. The fraction of sp³-hybridized carbons (Fsp3) is 0.478. The van der Waals surface area contributed by atoms with Crippen LogP contribution in [0.4, 0.5) is 11.6 Å². The summed E-state index contributed by atoms with van der Waals surface area (Å²) in [4.78, 5) is 11.8. The number of ether oxygens (including phenoxy) is 2. The Morgan fingerprint density at radius 2 is 2.03 bits per heavy atom. The summed E-state index contributed by atoms with van der Waals surface area (Å²) in [5.74, 6) is 2.93. The zero-order valence-corrected chi connectivity index (χ0v) is 17.4. The summed E-state index contributed by atoms with van der Waals surface area (Å²) in [6, 6.07) is 4.09. The molecule has 3 heterocycles. The molecule has 1 fully saturated rings. The first kappa shape index (κ1) is 19.7. The lowest BCUT2D eigenvalue weighted by Gasteiger charge is -2.16. The van der Waals surface area contributed by atoms with Crippen LogP contribution in [-0.2, 0) is 12.8 Å². The number of aromatic nitrogens is 2. The lowest BCUT2D eigenvalue weighted by Crippen LogP contribution is -2.22. The van der Waals surface area contributed by atoms with Crippen LogP contribution in [0.1, 0.15) is 43.0 Å². The van der Waals surface area contributed by atoms with Gasteiger partial charge in [-0.2, -0.15) is 0 Å². The van der Waals surface area contributed by atoms with Crippen LogP contribution in [-0.4, -0.2) is 48.2 Å². The van der Waals surface area contributed by atoms with Crippen LogP contribution < -0.4 is 14.8 Å². The minimum absolute atomic E-state index is 0.650. The number of hydrogen-bond donors (Lipinski definition) is 1. The quantitative estimate of drug-likeness (QED) is 0.643. The standard InChI is InChI=1S/C23H30N4O2/c1-3-18-14-17-8-6-9-19(17)23(25-18)26-22-15-20(21(28-2)16-24-22)29-13-7-12-27-10-4-5-11-27/h6,9,14-16H,3-5,7-8,10-13H2,1-2H3,(H,24,25,26). The van der Waals surface area contributed by atoms with Crippen molar-refractivity contribution < 1.29 is 9.47 Å². The molecule has 6 nitrogen and oxygen atoms in total. The summed E-state index contributed by atoms with van der Waals surface area (Å²) in [7, 11) is 1.64. The first-order valence-electron chi connectivity index (χ1n) is 10.6. The molecule has 0 atom stereocenters. The van der Waals surface area contributed by atoms with E-state index in [0.29, 0.717) is 23.9 Å². The van der Waals surface area contributed by atoms with Gasteiger partial charge in [-0.3, -0.25) is 0 Å². The second-order valence-corrected chi connectivity index (χ2v) is 7.59. The van der Waals surface area contributed by atoms with E-state index in [0.717, 1.165) is 42.9 Å². The zero-order chi connectivity index (χ0) is 20.1. The molecule has 1 N–H and O–H groups in total. The van der Waals surface area contributed by atoms with Gasteiger partial charge >= 0.3 is 0 Å². The van der Waals surface area contributed by atoms with Gasteiger partial charge in [0, 0.05) is 23.9 Å². The lowest BCUT2D eigenvalue weighted by atomic mass is 10.1. The first-order valence-corrected chi connectivity index (χ1v) is 10.6. The third-order valence-corrected chi connectivity index (χ3v) is 5.55. The summed E-state index contributed by atoms with van der Waals surface area (Å²) in [5.41, 5.74) is 3.54. The van der Waals surface area contributed by atoms with Gasteiger partial charge < -0.3 is 19.7 Å². The molecule has 6 heteroatoms. The van der Waals surface area contributed by atoms with Gasteiger partial charge in [-0.05, 0) is 56.8 Å². The maximum Gasteiger partial charge on any atom is 0.179 e. The molecule has 2 aromatic heterocycles. The van der Waals surface area contributed by atoms with Crippen molar-refractivity contribution in [2.45, 2.75) is 39.0 Å². The topological polar surface area (TPSA) is 59.5 Å². The Labute approximate surface area is 173 Å². The molecule has 154 valence electrons. The number of fused-ring (bicyclic) bond motifs is 1. The Morgan fingerprint density at radius 1 is 1.17 bits per heavy atom.